The van der Waals surface area contributed by atoms with E-state index in [1.165, 1.54) is 56.2 Å². The number of thiophene rings is 1. The zero-order valence-corrected chi connectivity index (χ0v) is 13.0. The molecule has 4 saturated carbocycles. The molecule has 4 aliphatic rings. The Morgan fingerprint density at radius 1 is 1.20 bits per heavy atom. The van der Waals surface area contributed by atoms with E-state index in [2.05, 4.69) is 22.9 Å². The molecule has 1 atom stereocenters. The monoisotopic (exact) mass is 290 g/mol. The highest BCUT2D eigenvalue weighted by atomic mass is 32.1. The molecular formula is C17H26N2S. The Balaban J connectivity index is 1.49. The van der Waals surface area contributed by atoms with Gasteiger partial charge in [-0.1, -0.05) is 6.07 Å². The zero-order chi connectivity index (χ0) is 13.6. The minimum absolute atomic E-state index is 0.526. The standard InChI is InChI=1S/C17H26N2S/c18-19-16(4-3-15-2-1-5-20-15)17-9-12-6-13(10-17)8-14(7-12)11-17/h1-2,5,12-14,16,19H,3-4,6-11,18H2. The fourth-order valence-electron chi connectivity index (χ4n) is 5.91. The van der Waals surface area contributed by atoms with Gasteiger partial charge in [0, 0.05) is 10.9 Å². The molecule has 2 nitrogen and oxygen atoms in total. The average molecular weight is 290 g/mol. The third kappa shape index (κ3) is 2.24. The van der Waals surface area contributed by atoms with Gasteiger partial charge in [-0.2, -0.15) is 0 Å². The van der Waals surface area contributed by atoms with Crippen LogP contribution in [-0.2, 0) is 6.42 Å². The molecule has 4 fully saturated rings. The second-order valence-corrected chi connectivity index (χ2v) is 8.65. The second kappa shape index (κ2) is 5.11. The van der Waals surface area contributed by atoms with Gasteiger partial charge in [0.15, 0.2) is 0 Å². The summed E-state index contributed by atoms with van der Waals surface area (Å²) in [7, 11) is 0. The van der Waals surface area contributed by atoms with Crippen molar-refractivity contribution < 1.29 is 0 Å². The highest BCUT2D eigenvalue weighted by molar-refractivity contribution is 7.09. The van der Waals surface area contributed by atoms with Gasteiger partial charge in [0.05, 0.1) is 0 Å². The van der Waals surface area contributed by atoms with Crippen LogP contribution in [0.15, 0.2) is 17.5 Å². The van der Waals surface area contributed by atoms with Gasteiger partial charge in [-0.3, -0.25) is 11.3 Å². The number of hydrogen-bond donors (Lipinski definition) is 2. The molecule has 1 unspecified atom stereocenters. The maximum atomic E-state index is 5.99. The molecule has 0 saturated heterocycles. The van der Waals surface area contributed by atoms with Crippen molar-refractivity contribution in [1.82, 2.24) is 5.43 Å². The Labute approximate surface area is 126 Å². The summed E-state index contributed by atoms with van der Waals surface area (Å²) < 4.78 is 0. The number of hydrazine groups is 1. The zero-order valence-electron chi connectivity index (χ0n) is 12.2. The minimum atomic E-state index is 0.526. The van der Waals surface area contributed by atoms with Crippen LogP contribution in [0.4, 0.5) is 0 Å². The molecule has 1 aromatic rings. The molecule has 0 radical (unpaired) electrons. The van der Waals surface area contributed by atoms with Gasteiger partial charge >= 0.3 is 0 Å². The van der Waals surface area contributed by atoms with E-state index in [1.54, 1.807) is 0 Å². The summed E-state index contributed by atoms with van der Waals surface area (Å²) in [4.78, 5) is 1.51. The average Bonchev–Trinajstić information content (AvgIpc) is 2.90. The van der Waals surface area contributed by atoms with Crippen molar-refractivity contribution in [2.75, 3.05) is 0 Å². The lowest BCUT2D eigenvalue weighted by molar-refractivity contribution is -0.0751. The van der Waals surface area contributed by atoms with Crippen LogP contribution in [-0.4, -0.2) is 6.04 Å². The van der Waals surface area contributed by atoms with Crippen LogP contribution in [0.5, 0.6) is 0 Å². The summed E-state index contributed by atoms with van der Waals surface area (Å²) >= 11 is 1.88. The largest absolute Gasteiger partial charge is 0.271 e. The molecular weight excluding hydrogens is 264 g/mol. The van der Waals surface area contributed by atoms with Crippen LogP contribution < -0.4 is 11.3 Å². The first-order valence-corrected chi connectivity index (χ1v) is 9.14. The van der Waals surface area contributed by atoms with Crippen molar-refractivity contribution in [3.8, 4) is 0 Å². The SMILES string of the molecule is NNC(CCc1cccs1)C12CC3CC(CC(C3)C1)C2. The van der Waals surface area contributed by atoms with Gasteiger partial charge in [0.1, 0.15) is 0 Å². The van der Waals surface area contributed by atoms with Crippen molar-refractivity contribution in [1.29, 1.82) is 0 Å². The molecule has 3 N–H and O–H groups in total. The van der Waals surface area contributed by atoms with Crippen molar-refractivity contribution in [3.63, 3.8) is 0 Å². The van der Waals surface area contributed by atoms with E-state index in [9.17, 15) is 0 Å². The Morgan fingerprint density at radius 3 is 2.35 bits per heavy atom. The van der Waals surface area contributed by atoms with Crippen molar-refractivity contribution in [2.24, 2.45) is 29.0 Å². The maximum absolute atomic E-state index is 5.99. The molecule has 5 rings (SSSR count). The molecule has 3 heteroatoms. The van der Waals surface area contributed by atoms with Gasteiger partial charge in [0.2, 0.25) is 0 Å². The van der Waals surface area contributed by atoms with E-state index in [-0.39, 0.29) is 0 Å². The molecule has 110 valence electrons. The number of hydrogen-bond acceptors (Lipinski definition) is 3. The molecule has 0 amide bonds. The summed E-state index contributed by atoms with van der Waals surface area (Å²) in [6, 6.07) is 4.95. The van der Waals surface area contributed by atoms with Crippen LogP contribution in [0.3, 0.4) is 0 Å². The number of rotatable bonds is 5. The first-order valence-electron chi connectivity index (χ1n) is 8.26. The van der Waals surface area contributed by atoms with Crippen molar-refractivity contribution in [3.05, 3.63) is 22.4 Å². The third-order valence-electron chi connectivity index (χ3n) is 6.29. The van der Waals surface area contributed by atoms with Crippen molar-refractivity contribution in [2.45, 2.75) is 57.4 Å². The predicted octanol–water partition coefficient (Wildman–Crippen LogP) is 3.73. The van der Waals surface area contributed by atoms with Gasteiger partial charge < -0.3 is 0 Å². The van der Waals surface area contributed by atoms with Crippen LogP contribution in [0, 0.1) is 23.2 Å². The lowest BCUT2D eigenvalue weighted by Crippen LogP contribution is -2.57. The lowest BCUT2D eigenvalue weighted by atomic mass is 9.47. The van der Waals surface area contributed by atoms with E-state index >= 15 is 0 Å². The van der Waals surface area contributed by atoms with Gasteiger partial charge in [-0.15, -0.1) is 11.3 Å². The molecule has 4 bridgehead atoms. The quantitative estimate of drug-likeness (QED) is 0.640. The van der Waals surface area contributed by atoms with Gasteiger partial charge in [-0.25, -0.2) is 0 Å². The normalized spacial score (nSPS) is 40.1. The fourth-order valence-corrected chi connectivity index (χ4v) is 6.64. The Bertz CT molecular complexity index is 418. The maximum Gasteiger partial charge on any atom is 0.0270 e. The molecule has 0 aliphatic heterocycles. The smallest absolute Gasteiger partial charge is 0.0270 e. The van der Waals surface area contributed by atoms with E-state index in [1.807, 2.05) is 11.3 Å². The third-order valence-corrected chi connectivity index (χ3v) is 7.22. The van der Waals surface area contributed by atoms with Gasteiger partial charge in [0.25, 0.3) is 0 Å². The Hall–Kier alpha value is -0.380. The first-order chi connectivity index (χ1) is 9.77. The summed E-state index contributed by atoms with van der Waals surface area (Å²) in [6.07, 6.45) is 11.3. The number of aryl methyl sites for hydroxylation is 1. The molecule has 1 heterocycles. The molecule has 20 heavy (non-hydrogen) atoms. The summed E-state index contributed by atoms with van der Waals surface area (Å²) in [6.45, 7) is 0. The molecule has 1 aromatic heterocycles. The fraction of sp³-hybridized carbons (Fsp3) is 0.765. The van der Waals surface area contributed by atoms with E-state index < -0.39 is 0 Å². The van der Waals surface area contributed by atoms with E-state index in [0.717, 1.165) is 17.8 Å². The van der Waals surface area contributed by atoms with Gasteiger partial charge in [-0.05, 0) is 86.0 Å². The van der Waals surface area contributed by atoms with Crippen molar-refractivity contribution >= 4 is 11.3 Å². The van der Waals surface area contributed by atoms with E-state index in [4.69, 9.17) is 5.84 Å². The molecule has 4 aliphatic carbocycles. The summed E-state index contributed by atoms with van der Waals surface area (Å²) in [5.41, 5.74) is 3.75. The lowest BCUT2D eigenvalue weighted by Gasteiger charge is -2.59. The number of nitrogens with one attached hydrogen (secondary N) is 1. The minimum Gasteiger partial charge on any atom is -0.271 e. The van der Waals surface area contributed by atoms with Crippen LogP contribution in [0.25, 0.3) is 0 Å². The first kappa shape index (κ1) is 13.3. The summed E-state index contributed by atoms with van der Waals surface area (Å²) in [5, 5.41) is 2.19. The van der Waals surface area contributed by atoms with Crippen LogP contribution >= 0.6 is 11.3 Å². The van der Waals surface area contributed by atoms with Crippen LogP contribution in [0.2, 0.25) is 0 Å². The Morgan fingerprint density at radius 2 is 1.85 bits per heavy atom. The van der Waals surface area contributed by atoms with E-state index in [0.29, 0.717) is 11.5 Å². The summed E-state index contributed by atoms with van der Waals surface area (Å²) in [5.74, 6) is 9.03. The highest BCUT2D eigenvalue weighted by Crippen LogP contribution is 2.61. The van der Waals surface area contributed by atoms with Crippen LogP contribution in [0.1, 0.15) is 49.8 Å². The highest BCUT2D eigenvalue weighted by Gasteiger charge is 2.53. The Kier molecular flexibility index (Phi) is 3.40. The second-order valence-electron chi connectivity index (χ2n) is 7.62. The molecule has 0 spiro atoms. The predicted molar refractivity (Wildman–Crippen MR) is 84.4 cm³/mol. The number of nitrogens with two attached hydrogens (primary N) is 1. The topological polar surface area (TPSA) is 38.0 Å². The molecule has 0 aromatic carbocycles.